The van der Waals surface area contributed by atoms with E-state index in [0.29, 0.717) is 12.3 Å². The van der Waals surface area contributed by atoms with Crippen molar-refractivity contribution in [3.63, 3.8) is 0 Å². The Morgan fingerprint density at radius 3 is 2.58 bits per heavy atom. The largest absolute Gasteiger partial charge is 0.338 e. The molecule has 0 fully saturated rings. The van der Waals surface area contributed by atoms with Gasteiger partial charge >= 0.3 is 0 Å². The third kappa shape index (κ3) is 2.29. The average Bonchev–Trinajstić information content (AvgIpc) is 2.86. The van der Waals surface area contributed by atoms with Crippen molar-refractivity contribution in [3.8, 4) is 0 Å². The molecule has 2 aliphatic rings. The Morgan fingerprint density at radius 1 is 1.17 bits per heavy atom. The van der Waals surface area contributed by atoms with Gasteiger partial charge in [0, 0.05) is 23.6 Å². The van der Waals surface area contributed by atoms with E-state index in [1.165, 1.54) is 5.56 Å². The molecule has 0 radical (unpaired) electrons. The molecule has 1 unspecified atom stereocenters. The fourth-order valence-corrected chi connectivity index (χ4v) is 3.96. The van der Waals surface area contributed by atoms with Crippen molar-refractivity contribution in [2.45, 2.75) is 46.5 Å². The number of ketones is 1. The molecule has 1 N–H and O–H groups in total. The Bertz CT molecular complexity index is 856. The van der Waals surface area contributed by atoms with Crippen molar-refractivity contribution in [3.05, 3.63) is 57.9 Å². The Hall–Kier alpha value is -2.36. The highest BCUT2D eigenvalue weighted by atomic mass is 16.5. The van der Waals surface area contributed by atoms with Crippen LogP contribution in [0.2, 0.25) is 0 Å². The first-order valence-corrected chi connectivity index (χ1v) is 8.42. The maximum atomic E-state index is 13.0. The highest BCUT2D eigenvalue weighted by molar-refractivity contribution is 6.01. The van der Waals surface area contributed by atoms with E-state index in [2.05, 4.69) is 55.5 Å². The fraction of sp³-hybridized carbons (Fsp3) is 0.400. The molecule has 1 aromatic carbocycles. The second kappa shape index (κ2) is 5.07. The number of hydrogen-bond donors (Lipinski definition) is 1. The number of aryl methyl sites for hydroxylation is 2. The van der Waals surface area contributed by atoms with Gasteiger partial charge in [0.15, 0.2) is 5.78 Å². The topological polar surface area (TPSA) is 55.1 Å². The van der Waals surface area contributed by atoms with Gasteiger partial charge in [0.05, 0.1) is 11.3 Å². The number of benzene rings is 1. The summed E-state index contributed by atoms with van der Waals surface area (Å²) in [7, 11) is 0. The number of allylic oxidation sites excluding steroid dienone is 2. The van der Waals surface area contributed by atoms with E-state index in [1.807, 2.05) is 6.92 Å². The number of anilines is 1. The van der Waals surface area contributed by atoms with E-state index in [0.717, 1.165) is 34.5 Å². The number of aromatic nitrogens is 1. The number of nitrogens with one attached hydrogen (secondary N) is 1. The van der Waals surface area contributed by atoms with E-state index in [1.54, 1.807) is 0 Å². The molecule has 0 saturated carbocycles. The number of carbonyl (C=O) groups is 1. The first kappa shape index (κ1) is 15.2. The van der Waals surface area contributed by atoms with Crippen LogP contribution in [-0.2, 0) is 4.79 Å². The molecule has 1 aromatic heterocycles. The van der Waals surface area contributed by atoms with E-state index in [9.17, 15) is 4.79 Å². The van der Waals surface area contributed by atoms with Crippen LogP contribution in [0.25, 0.3) is 0 Å². The third-order valence-electron chi connectivity index (χ3n) is 5.08. The molecule has 24 heavy (non-hydrogen) atoms. The van der Waals surface area contributed by atoms with Crippen LogP contribution in [0.4, 0.5) is 5.88 Å². The van der Waals surface area contributed by atoms with Crippen molar-refractivity contribution in [2.75, 3.05) is 5.32 Å². The minimum absolute atomic E-state index is 0.0344. The van der Waals surface area contributed by atoms with E-state index >= 15 is 0 Å². The zero-order valence-electron chi connectivity index (χ0n) is 14.6. The molecule has 0 spiro atoms. The van der Waals surface area contributed by atoms with Gasteiger partial charge < -0.3 is 9.84 Å². The number of rotatable bonds is 1. The van der Waals surface area contributed by atoms with Gasteiger partial charge in [-0.05, 0) is 31.2 Å². The molecule has 0 bridgehead atoms. The summed E-state index contributed by atoms with van der Waals surface area (Å²) in [4.78, 5) is 13.0. The van der Waals surface area contributed by atoms with Crippen LogP contribution in [0.3, 0.4) is 0 Å². The summed E-state index contributed by atoms with van der Waals surface area (Å²) >= 11 is 0. The van der Waals surface area contributed by atoms with Gasteiger partial charge in [-0.1, -0.05) is 48.8 Å². The van der Waals surface area contributed by atoms with Gasteiger partial charge in [-0.2, -0.15) is 0 Å². The summed E-state index contributed by atoms with van der Waals surface area (Å²) in [6, 6.07) is 8.41. The van der Waals surface area contributed by atoms with E-state index in [4.69, 9.17) is 4.52 Å². The summed E-state index contributed by atoms with van der Waals surface area (Å²) in [6.45, 7) is 8.28. The Morgan fingerprint density at radius 2 is 1.88 bits per heavy atom. The molecule has 4 rings (SSSR count). The summed E-state index contributed by atoms with van der Waals surface area (Å²) in [5.41, 5.74) is 6.00. The molecule has 2 aromatic rings. The second-order valence-corrected chi connectivity index (χ2v) is 7.81. The molecule has 4 heteroatoms. The number of nitrogens with zero attached hydrogens (tertiary/aromatic N) is 1. The zero-order chi connectivity index (χ0) is 17.1. The molecule has 124 valence electrons. The lowest BCUT2D eigenvalue weighted by atomic mass is 9.69. The van der Waals surface area contributed by atoms with E-state index in [-0.39, 0.29) is 17.1 Å². The van der Waals surface area contributed by atoms with Gasteiger partial charge in [-0.15, -0.1) is 0 Å². The van der Waals surface area contributed by atoms with Crippen molar-refractivity contribution in [1.82, 2.24) is 5.16 Å². The lowest BCUT2D eigenvalue weighted by Crippen LogP contribution is -2.33. The highest BCUT2D eigenvalue weighted by Gasteiger charge is 2.42. The van der Waals surface area contributed by atoms with Crippen LogP contribution in [0.5, 0.6) is 0 Å². The zero-order valence-corrected chi connectivity index (χ0v) is 14.6. The maximum absolute atomic E-state index is 13.0. The van der Waals surface area contributed by atoms with Crippen LogP contribution in [0.15, 0.2) is 40.1 Å². The standard InChI is InChI=1S/C20H22N2O2/c1-11-5-7-13(8-6-11)17-16-12(2)22-24-19(16)21-14-9-20(3,4)10-15(23)18(14)17/h5-8,17,21H,9-10H2,1-4H3. The average molecular weight is 322 g/mol. The highest BCUT2D eigenvalue weighted by Crippen LogP contribution is 2.49. The predicted octanol–water partition coefficient (Wildman–Crippen LogP) is 4.49. The molecule has 1 aliphatic heterocycles. The monoisotopic (exact) mass is 322 g/mol. The van der Waals surface area contributed by atoms with Crippen LogP contribution in [-0.4, -0.2) is 10.9 Å². The van der Waals surface area contributed by atoms with Crippen LogP contribution >= 0.6 is 0 Å². The number of Topliss-reactive ketones (excluding diaryl/α,β-unsaturated/α-hetero) is 1. The number of fused-ring (bicyclic) bond motifs is 1. The molecular formula is C20H22N2O2. The summed E-state index contributed by atoms with van der Waals surface area (Å²) in [6.07, 6.45) is 1.42. The minimum Gasteiger partial charge on any atom is -0.338 e. The molecule has 2 heterocycles. The lowest BCUT2D eigenvalue weighted by Gasteiger charge is -2.37. The quantitative estimate of drug-likeness (QED) is 0.840. The first-order chi connectivity index (χ1) is 11.4. The van der Waals surface area contributed by atoms with Gasteiger partial charge in [0.25, 0.3) is 0 Å². The number of carbonyl (C=O) groups excluding carboxylic acids is 1. The third-order valence-corrected chi connectivity index (χ3v) is 5.08. The van der Waals surface area contributed by atoms with Gasteiger partial charge in [-0.3, -0.25) is 4.79 Å². The molecule has 1 atom stereocenters. The Labute approximate surface area is 141 Å². The van der Waals surface area contributed by atoms with Crippen LogP contribution in [0, 0.1) is 19.3 Å². The molecule has 0 saturated heterocycles. The summed E-state index contributed by atoms with van der Waals surface area (Å²) < 4.78 is 5.51. The van der Waals surface area contributed by atoms with Crippen molar-refractivity contribution < 1.29 is 9.32 Å². The smallest absolute Gasteiger partial charge is 0.233 e. The van der Waals surface area contributed by atoms with Crippen molar-refractivity contribution >= 4 is 11.7 Å². The van der Waals surface area contributed by atoms with E-state index < -0.39 is 0 Å². The van der Waals surface area contributed by atoms with Crippen molar-refractivity contribution in [1.29, 1.82) is 0 Å². The van der Waals surface area contributed by atoms with Crippen molar-refractivity contribution in [2.24, 2.45) is 5.41 Å². The minimum atomic E-state index is -0.0910. The Balaban J connectivity index is 1.93. The van der Waals surface area contributed by atoms with Crippen LogP contribution < -0.4 is 5.32 Å². The molecular weight excluding hydrogens is 300 g/mol. The van der Waals surface area contributed by atoms with Gasteiger partial charge in [0.2, 0.25) is 5.88 Å². The molecule has 0 amide bonds. The summed E-state index contributed by atoms with van der Waals surface area (Å²) in [5.74, 6) is 0.819. The molecule has 4 nitrogen and oxygen atoms in total. The first-order valence-electron chi connectivity index (χ1n) is 8.42. The second-order valence-electron chi connectivity index (χ2n) is 7.81. The predicted molar refractivity (Wildman–Crippen MR) is 92.9 cm³/mol. The van der Waals surface area contributed by atoms with Crippen LogP contribution in [0.1, 0.15) is 55.0 Å². The number of hydrogen-bond acceptors (Lipinski definition) is 4. The van der Waals surface area contributed by atoms with Gasteiger partial charge in [0.1, 0.15) is 0 Å². The Kier molecular flexibility index (Phi) is 3.21. The normalized spacial score (nSPS) is 22.0. The maximum Gasteiger partial charge on any atom is 0.233 e. The fourth-order valence-electron chi connectivity index (χ4n) is 3.96. The SMILES string of the molecule is Cc1ccc(C2C3=C(CC(C)(C)CC3=O)Nc3onc(C)c32)cc1. The molecule has 1 aliphatic carbocycles. The summed E-state index contributed by atoms with van der Waals surface area (Å²) in [5, 5.41) is 7.48. The lowest BCUT2D eigenvalue weighted by molar-refractivity contribution is -0.118. The van der Waals surface area contributed by atoms with Gasteiger partial charge in [-0.25, -0.2) is 0 Å².